The van der Waals surface area contributed by atoms with Crippen LogP contribution in [0.4, 0.5) is 8.78 Å². The highest BCUT2D eigenvalue weighted by Crippen LogP contribution is 2.20. The monoisotopic (exact) mass is 330 g/mol. The molecule has 1 unspecified atom stereocenters. The fraction of sp³-hybridized carbons (Fsp3) is 0.625. The minimum Gasteiger partial charge on any atom is -0.434 e. The van der Waals surface area contributed by atoms with Crippen molar-refractivity contribution >= 4 is 0 Å². The number of hydrogen-bond acceptors (Lipinski definition) is 5. The van der Waals surface area contributed by atoms with Gasteiger partial charge >= 0.3 is 6.61 Å². The van der Waals surface area contributed by atoms with Gasteiger partial charge in [-0.1, -0.05) is 18.2 Å². The third-order valence-electron chi connectivity index (χ3n) is 3.68. The average Bonchev–Trinajstić information content (AvgIpc) is 2.49. The molecule has 0 amide bonds. The fourth-order valence-corrected chi connectivity index (χ4v) is 2.62. The Morgan fingerprint density at radius 2 is 2.04 bits per heavy atom. The number of benzene rings is 1. The molecule has 0 saturated carbocycles. The maximum atomic E-state index is 12.4. The lowest BCUT2D eigenvalue weighted by molar-refractivity contribution is -0.0506. The lowest BCUT2D eigenvalue weighted by atomic mass is 10.1. The molecule has 1 fully saturated rings. The van der Waals surface area contributed by atoms with Crippen molar-refractivity contribution in [2.45, 2.75) is 25.7 Å². The molecular weight excluding hydrogens is 306 g/mol. The first-order chi connectivity index (χ1) is 11.0. The van der Waals surface area contributed by atoms with E-state index < -0.39 is 12.2 Å². The number of aliphatic hydroxyl groups is 1. The van der Waals surface area contributed by atoms with Crippen molar-refractivity contribution in [2.24, 2.45) is 0 Å². The highest BCUT2D eigenvalue weighted by molar-refractivity contribution is 5.33. The largest absolute Gasteiger partial charge is 0.434 e. The van der Waals surface area contributed by atoms with Crippen LogP contribution in [0.5, 0.6) is 5.75 Å². The maximum Gasteiger partial charge on any atom is 0.387 e. The summed E-state index contributed by atoms with van der Waals surface area (Å²) in [5.41, 5.74) is -0.273. The molecule has 0 bridgehead atoms. The number of rotatable bonds is 8. The van der Waals surface area contributed by atoms with E-state index >= 15 is 0 Å². The van der Waals surface area contributed by atoms with Crippen LogP contribution in [0.25, 0.3) is 0 Å². The third kappa shape index (κ3) is 6.39. The van der Waals surface area contributed by atoms with E-state index in [1.165, 1.54) is 6.07 Å². The van der Waals surface area contributed by atoms with Crippen LogP contribution in [0.15, 0.2) is 24.3 Å². The van der Waals surface area contributed by atoms with Gasteiger partial charge in [-0.3, -0.25) is 4.90 Å². The summed E-state index contributed by atoms with van der Waals surface area (Å²) >= 11 is 0. The summed E-state index contributed by atoms with van der Waals surface area (Å²) in [5.74, 6) is 0.155. The van der Waals surface area contributed by atoms with Crippen LogP contribution in [-0.4, -0.2) is 61.6 Å². The molecule has 5 nitrogen and oxygen atoms in total. The normalized spacial score (nSPS) is 18.8. The topological polar surface area (TPSA) is 54.0 Å². The number of β-amino-alcohol motifs (C(OH)–C–C–N with tert-alkyl or cyclic N) is 1. The van der Waals surface area contributed by atoms with Crippen molar-refractivity contribution in [2.75, 3.05) is 39.4 Å². The number of morpholine rings is 1. The Hall–Kier alpha value is -1.28. The molecule has 1 aromatic carbocycles. The highest BCUT2D eigenvalue weighted by atomic mass is 19.3. The molecule has 23 heavy (non-hydrogen) atoms. The van der Waals surface area contributed by atoms with Crippen LogP contribution < -0.4 is 10.1 Å². The second-order valence-electron chi connectivity index (χ2n) is 5.98. The molecule has 1 aliphatic heterocycles. The van der Waals surface area contributed by atoms with Gasteiger partial charge < -0.3 is 19.9 Å². The van der Waals surface area contributed by atoms with Crippen molar-refractivity contribution in [1.82, 2.24) is 10.2 Å². The van der Waals surface area contributed by atoms with Crippen molar-refractivity contribution in [1.29, 1.82) is 0 Å². The third-order valence-corrected chi connectivity index (χ3v) is 3.68. The van der Waals surface area contributed by atoms with E-state index in [0.29, 0.717) is 38.4 Å². The number of halogens is 2. The molecule has 0 spiro atoms. The summed E-state index contributed by atoms with van der Waals surface area (Å²) in [6.45, 7) is 3.14. The zero-order valence-corrected chi connectivity index (χ0v) is 13.3. The maximum absolute atomic E-state index is 12.4. The van der Waals surface area contributed by atoms with Gasteiger partial charge in [0.15, 0.2) is 0 Å². The van der Waals surface area contributed by atoms with E-state index in [0.717, 1.165) is 13.1 Å². The number of nitrogens with one attached hydrogen (secondary N) is 1. The second-order valence-corrected chi connectivity index (χ2v) is 5.98. The van der Waals surface area contributed by atoms with Crippen LogP contribution in [0.1, 0.15) is 12.5 Å². The molecule has 1 saturated heterocycles. The summed E-state index contributed by atoms with van der Waals surface area (Å²) in [4.78, 5) is 2.15. The van der Waals surface area contributed by atoms with E-state index in [9.17, 15) is 13.9 Å². The summed E-state index contributed by atoms with van der Waals surface area (Å²) in [6.07, 6.45) is 0. The van der Waals surface area contributed by atoms with Gasteiger partial charge in [-0.15, -0.1) is 0 Å². The zero-order valence-electron chi connectivity index (χ0n) is 13.3. The van der Waals surface area contributed by atoms with Crippen LogP contribution in [-0.2, 0) is 11.3 Å². The number of ether oxygens (including phenoxy) is 2. The first kappa shape index (κ1) is 18.1. The van der Waals surface area contributed by atoms with E-state index in [1.54, 1.807) is 25.1 Å². The predicted molar refractivity (Wildman–Crippen MR) is 82.7 cm³/mol. The second kappa shape index (κ2) is 8.54. The summed E-state index contributed by atoms with van der Waals surface area (Å²) in [7, 11) is 0. The van der Waals surface area contributed by atoms with Gasteiger partial charge in [-0.05, 0) is 13.0 Å². The zero-order chi connectivity index (χ0) is 16.7. The summed E-state index contributed by atoms with van der Waals surface area (Å²) in [5, 5.41) is 13.6. The van der Waals surface area contributed by atoms with Crippen molar-refractivity contribution in [3.8, 4) is 5.75 Å². The van der Waals surface area contributed by atoms with Crippen LogP contribution in [0.3, 0.4) is 0 Å². The van der Waals surface area contributed by atoms with Gasteiger partial charge in [0.25, 0.3) is 0 Å². The van der Waals surface area contributed by atoms with Crippen LogP contribution >= 0.6 is 0 Å². The molecule has 1 aromatic rings. The molecule has 1 atom stereocenters. The molecule has 1 aliphatic rings. The summed E-state index contributed by atoms with van der Waals surface area (Å²) < 4.78 is 34.5. The molecule has 0 radical (unpaired) electrons. The number of alkyl halides is 2. The molecule has 0 aromatic heterocycles. The molecule has 7 heteroatoms. The van der Waals surface area contributed by atoms with Gasteiger partial charge in [-0.25, -0.2) is 0 Å². The van der Waals surface area contributed by atoms with Crippen molar-refractivity contribution in [3.63, 3.8) is 0 Å². The molecule has 0 aliphatic carbocycles. The van der Waals surface area contributed by atoms with Crippen molar-refractivity contribution < 1.29 is 23.4 Å². The molecular formula is C16H24F2N2O3. The number of para-hydroxylation sites is 1. The minimum absolute atomic E-state index is 0.155. The van der Waals surface area contributed by atoms with E-state index in [1.807, 2.05) is 0 Å². The van der Waals surface area contributed by atoms with E-state index in [-0.39, 0.29) is 5.75 Å². The Balaban J connectivity index is 1.81. The standard InChI is InChI=1S/C16H24F2N2O3/c1-16(21,12-20-6-8-22-9-7-20)11-19-10-13-4-2-3-5-14(13)23-15(17)18/h2-5,15,19,21H,6-12H2,1H3. The number of nitrogens with zero attached hydrogens (tertiary/aromatic N) is 1. The highest BCUT2D eigenvalue weighted by Gasteiger charge is 2.25. The first-order valence-corrected chi connectivity index (χ1v) is 7.72. The minimum atomic E-state index is -2.85. The summed E-state index contributed by atoms with van der Waals surface area (Å²) in [6, 6.07) is 6.65. The Labute approximate surface area is 135 Å². The first-order valence-electron chi connectivity index (χ1n) is 7.72. The van der Waals surface area contributed by atoms with Crippen molar-refractivity contribution in [3.05, 3.63) is 29.8 Å². The fourth-order valence-electron chi connectivity index (χ4n) is 2.62. The van der Waals surface area contributed by atoms with Crippen LogP contribution in [0, 0.1) is 0 Å². The Morgan fingerprint density at radius 1 is 1.35 bits per heavy atom. The lowest BCUT2D eigenvalue weighted by Gasteiger charge is -2.34. The number of hydrogen-bond donors (Lipinski definition) is 2. The lowest BCUT2D eigenvalue weighted by Crippen LogP contribution is -2.50. The Kier molecular flexibility index (Phi) is 6.71. The molecule has 130 valence electrons. The molecule has 2 rings (SSSR count). The quantitative estimate of drug-likeness (QED) is 0.756. The van der Waals surface area contributed by atoms with Gasteiger partial charge in [0.1, 0.15) is 5.75 Å². The Bertz CT molecular complexity index is 480. The smallest absolute Gasteiger partial charge is 0.387 e. The van der Waals surface area contributed by atoms with Crippen LogP contribution in [0.2, 0.25) is 0 Å². The van der Waals surface area contributed by atoms with E-state index in [2.05, 4.69) is 15.0 Å². The van der Waals surface area contributed by atoms with Gasteiger partial charge in [0.05, 0.1) is 18.8 Å². The molecule has 2 N–H and O–H groups in total. The van der Waals surface area contributed by atoms with Gasteiger partial charge in [-0.2, -0.15) is 8.78 Å². The average molecular weight is 330 g/mol. The van der Waals surface area contributed by atoms with E-state index in [4.69, 9.17) is 4.74 Å². The SMILES string of the molecule is CC(O)(CNCc1ccccc1OC(F)F)CN1CCOCC1. The predicted octanol–water partition coefficient (Wildman–Crippen LogP) is 1.46. The molecule has 1 heterocycles. The van der Waals surface area contributed by atoms with Gasteiger partial charge in [0, 0.05) is 38.3 Å². The Morgan fingerprint density at radius 3 is 2.74 bits per heavy atom. The van der Waals surface area contributed by atoms with Gasteiger partial charge in [0.2, 0.25) is 0 Å².